The lowest BCUT2D eigenvalue weighted by molar-refractivity contribution is -0.384. The molecule has 0 unspecified atom stereocenters. The molecular formula is C14H8Cl2N4O4. The summed E-state index contributed by atoms with van der Waals surface area (Å²) < 4.78 is 0. The molecule has 0 aliphatic heterocycles. The van der Waals surface area contributed by atoms with Crippen LogP contribution in [-0.4, -0.2) is 22.3 Å². The van der Waals surface area contributed by atoms with Crippen LogP contribution in [0.25, 0.3) is 0 Å². The van der Waals surface area contributed by atoms with Gasteiger partial charge in [0.25, 0.3) is 11.4 Å². The summed E-state index contributed by atoms with van der Waals surface area (Å²) in [6.45, 7) is 0. The lowest BCUT2D eigenvalue weighted by Crippen LogP contribution is -1.92. The predicted molar refractivity (Wildman–Crippen MR) is 91.4 cm³/mol. The van der Waals surface area contributed by atoms with Crippen LogP contribution in [0.1, 0.15) is 11.1 Å². The molecule has 2 aromatic carbocycles. The first-order valence-electron chi connectivity index (χ1n) is 6.33. The highest BCUT2D eigenvalue weighted by Gasteiger charge is 2.12. The topological polar surface area (TPSA) is 111 Å². The minimum absolute atomic E-state index is 0.0223. The van der Waals surface area contributed by atoms with E-state index >= 15 is 0 Å². The van der Waals surface area contributed by atoms with Crippen LogP contribution in [0.4, 0.5) is 11.4 Å². The van der Waals surface area contributed by atoms with Crippen molar-refractivity contribution in [1.29, 1.82) is 0 Å². The molecule has 0 atom stereocenters. The Balaban J connectivity index is 2.16. The molecule has 0 aliphatic rings. The average molecular weight is 367 g/mol. The third-order valence-electron chi connectivity index (χ3n) is 2.81. The van der Waals surface area contributed by atoms with E-state index in [4.69, 9.17) is 23.2 Å². The monoisotopic (exact) mass is 366 g/mol. The van der Waals surface area contributed by atoms with E-state index in [1.165, 1.54) is 36.7 Å². The third kappa shape index (κ3) is 4.34. The van der Waals surface area contributed by atoms with Crippen molar-refractivity contribution in [3.05, 3.63) is 77.8 Å². The molecule has 0 bridgehead atoms. The summed E-state index contributed by atoms with van der Waals surface area (Å²) in [6, 6.07) is 8.37. The minimum atomic E-state index is -0.601. The highest BCUT2D eigenvalue weighted by molar-refractivity contribution is 6.33. The first kappa shape index (κ1) is 17.5. The number of halogens is 2. The fourth-order valence-electron chi connectivity index (χ4n) is 1.70. The van der Waals surface area contributed by atoms with Gasteiger partial charge in [-0.2, -0.15) is 10.2 Å². The van der Waals surface area contributed by atoms with Gasteiger partial charge in [0.2, 0.25) is 0 Å². The van der Waals surface area contributed by atoms with E-state index in [0.717, 1.165) is 0 Å². The van der Waals surface area contributed by atoms with E-state index < -0.39 is 9.85 Å². The van der Waals surface area contributed by atoms with Gasteiger partial charge >= 0.3 is 0 Å². The molecule has 2 aromatic rings. The number of hydrogen-bond acceptors (Lipinski definition) is 6. The number of rotatable bonds is 5. The second-order valence-corrected chi connectivity index (χ2v) is 5.24. The summed E-state index contributed by atoms with van der Waals surface area (Å²) in [5.41, 5.74) is 0.395. The fraction of sp³-hybridized carbons (Fsp3) is 0. The van der Waals surface area contributed by atoms with E-state index in [1.807, 2.05) is 0 Å². The Hall–Kier alpha value is -2.84. The van der Waals surface area contributed by atoms with Crippen LogP contribution in [-0.2, 0) is 0 Å². The Morgan fingerprint density at radius 2 is 1.17 bits per heavy atom. The van der Waals surface area contributed by atoms with Gasteiger partial charge in [0.05, 0.1) is 22.3 Å². The van der Waals surface area contributed by atoms with Gasteiger partial charge in [-0.1, -0.05) is 35.3 Å². The number of nitro groups is 2. The zero-order valence-corrected chi connectivity index (χ0v) is 13.3. The first-order chi connectivity index (χ1) is 11.4. The van der Waals surface area contributed by atoms with Crippen LogP contribution in [0.2, 0.25) is 10.0 Å². The molecule has 0 N–H and O–H groups in total. The molecule has 0 amide bonds. The third-order valence-corrected chi connectivity index (χ3v) is 3.45. The largest absolute Gasteiger partial charge is 0.288 e. The zero-order chi connectivity index (χ0) is 17.7. The van der Waals surface area contributed by atoms with E-state index in [2.05, 4.69) is 10.2 Å². The number of nitrogens with zero attached hydrogens (tertiary/aromatic N) is 4. The van der Waals surface area contributed by atoms with Crippen molar-refractivity contribution in [1.82, 2.24) is 0 Å². The predicted octanol–water partition coefficient (Wildman–Crippen LogP) is 4.26. The normalized spacial score (nSPS) is 11.2. The van der Waals surface area contributed by atoms with Gasteiger partial charge in [-0.25, -0.2) is 0 Å². The van der Waals surface area contributed by atoms with E-state index in [-0.39, 0.29) is 21.4 Å². The Bertz CT molecular complexity index is 796. The van der Waals surface area contributed by atoms with Crippen molar-refractivity contribution < 1.29 is 9.85 Å². The van der Waals surface area contributed by atoms with E-state index in [1.54, 1.807) is 12.1 Å². The molecule has 0 radical (unpaired) electrons. The summed E-state index contributed by atoms with van der Waals surface area (Å²) in [5, 5.41) is 29.1. The second kappa shape index (κ2) is 7.62. The summed E-state index contributed by atoms with van der Waals surface area (Å²) in [4.78, 5) is 20.4. The van der Waals surface area contributed by atoms with Crippen molar-refractivity contribution >= 4 is 47.0 Å². The maximum absolute atomic E-state index is 10.8. The number of benzene rings is 2. The highest BCUT2D eigenvalue weighted by Crippen LogP contribution is 2.25. The molecule has 8 nitrogen and oxygen atoms in total. The van der Waals surface area contributed by atoms with Crippen molar-refractivity contribution in [2.24, 2.45) is 10.2 Å². The lowest BCUT2D eigenvalue weighted by Gasteiger charge is -1.96. The van der Waals surface area contributed by atoms with Crippen LogP contribution in [0.15, 0.2) is 46.6 Å². The standard InChI is InChI=1S/C14H8Cl2N4O4/c15-11-3-1-9(5-13(11)19(21)22)7-17-18-8-10-2-4-12(16)14(6-10)20(23)24/h1-8H/b17-7+,18-8+. The number of nitro benzene ring substituents is 2. The molecule has 0 heterocycles. The quantitative estimate of drug-likeness (QED) is 0.446. The van der Waals surface area contributed by atoms with Gasteiger partial charge in [-0.15, -0.1) is 0 Å². The zero-order valence-electron chi connectivity index (χ0n) is 11.8. The molecular weight excluding hydrogens is 359 g/mol. The molecule has 0 aliphatic carbocycles. The smallest absolute Gasteiger partial charge is 0.258 e. The van der Waals surface area contributed by atoms with Gasteiger partial charge in [0.1, 0.15) is 10.0 Å². The average Bonchev–Trinajstić information content (AvgIpc) is 2.53. The van der Waals surface area contributed by atoms with Crippen LogP contribution in [0, 0.1) is 20.2 Å². The summed E-state index contributed by atoms with van der Waals surface area (Å²) in [6.07, 6.45) is 2.59. The maximum Gasteiger partial charge on any atom is 0.288 e. The van der Waals surface area contributed by atoms with Crippen LogP contribution >= 0.6 is 23.2 Å². The Labute approximate surface area is 145 Å². The van der Waals surface area contributed by atoms with Crippen LogP contribution in [0.3, 0.4) is 0 Å². The molecule has 10 heteroatoms. The number of hydrogen-bond donors (Lipinski definition) is 0. The summed E-state index contributed by atoms with van der Waals surface area (Å²) >= 11 is 11.4. The second-order valence-electron chi connectivity index (χ2n) is 4.43. The molecule has 0 saturated heterocycles. The minimum Gasteiger partial charge on any atom is -0.258 e. The van der Waals surface area contributed by atoms with E-state index in [0.29, 0.717) is 11.1 Å². The molecule has 0 saturated carbocycles. The lowest BCUT2D eigenvalue weighted by atomic mass is 10.2. The van der Waals surface area contributed by atoms with Gasteiger partial charge in [-0.05, 0) is 12.1 Å². The molecule has 0 aromatic heterocycles. The molecule has 0 spiro atoms. The first-order valence-corrected chi connectivity index (χ1v) is 7.08. The SMILES string of the molecule is O=[N+]([O-])c1cc(/C=N/N=C/c2ccc(Cl)c([N+](=O)[O-])c2)ccc1Cl. The Kier molecular flexibility index (Phi) is 5.56. The highest BCUT2D eigenvalue weighted by atomic mass is 35.5. The van der Waals surface area contributed by atoms with Gasteiger partial charge in [0.15, 0.2) is 0 Å². The summed E-state index contributed by atoms with van der Waals surface area (Å²) in [5.74, 6) is 0. The van der Waals surface area contributed by atoms with Crippen molar-refractivity contribution in [3.8, 4) is 0 Å². The molecule has 122 valence electrons. The van der Waals surface area contributed by atoms with E-state index in [9.17, 15) is 20.2 Å². The van der Waals surface area contributed by atoms with Gasteiger partial charge in [0, 0.05) is 23.3 Å². The van der Waals surface area contributed by atoms with Crippen molar-refractivity contribution in [2.75, 3.05) is 0 Å². The summed E-state index contributed by atoms with van der Waals surface area (Å²) in [7, 11) is 0. The van der Waals surface area contributed by atoms with Crippen molar-refractivity contribution in [2.45, 2.75) is 0 Å². The van der Waals surface area contributed by atoms with Gasteiger partial charge in [-0.3, -0.25) is 20.2 Å². The van der Waals surface area contributed by atoms with Crippen molar-refractivity contribution in [3.63, 3.8) is 0 Å². The fourth-order valence-corrected chi connectivity index (χ4v) is 2.07. The van der Waals surface area contributed by atoms with Crippen LogP contribution < -0.4 is 0 Å². The molecule has 24 heavy (non-hydrogen) atoms. The Morgan fingerprint density at radius 3 is 1.50 bits per heavy atom. The maximum atomic E-state index is 10.8. The van der Waals surface area contributed by atoms with Gasteiger partial charge < -0.3 is 0 Å². The molecule has 0 fully saturated rings. The molecule has 2 rings (SSSR count). The van der Waals surface area contributed by atoms with Crippen LogP contribution in [0.5, 0.6) is 0 Å². The Morgan fingerprint density at radius 1 is 0.792 bits per heavy atom.